The second-order valence-corrected chi connectivity index (χ2v) is 34.3. The van der Waals surface area contributed by atoms with Crippen molar-refractivity contribution in [3.63, 3.8) is 0 Å². The van der Waals surface area contributed by atoms with E-state index < -0.39 is 0 Å². The lowest BCUT2D eigenvalue weighted by Crippen LogP contribution is -2.06. The van der Waals surface area contributed by atoms with Gasteiger partial charge in [-0.3, -0.25) is 28.7 Å². The van der Waals surface area contributed by atoms with Gasteiger partial charge < -0.3 is 13.7 Å². The molecule has 28 aromatic rings. The normalized spacial score (nSPS) is 11.6. The highest BCUT2D eigenvalue weighted by Crippen LogP contribution is 2.44. The molecule has 0 spiro atoms. The maximum Gasteiger partial charge on any atom is 0.238 e. The Labute approximate surface area is 790 Å². The molecule has 0 amide bonds. The highest BCUT2D eigenvalue weighted by atomic mass is 15.2. The lowest BCUT2D eigenvalue weighted by Gasteiger charge is -2.12. The van der Waals surface area contributed by atoms with Crippen LogP contribution in [0.2, 0.25) is 0 Å². The number of hydrogen-bond donors (Lipinski definition) is 0. The minimum absolute atomic E-state index is 0.580. The first-order chi connectivity index (χ1) is 68.5. The molecule has 0 saturated carbocycles. The van der Waals surface area contributed by atoms with E-state index in [-0.39, 0.29) is 0 Å². The molecule has 12 aromatic heterocycles. The molecular formula is C122H78N16. The van der Waals surface area contributed by atoms with Gasteiger partial charge in [0.2, 0.25) is 5.95 Å². The summed E-state index contributed by atoms with van der Waals surface area (Å²) in [7, 11) is 0. The van der Waals surface area contributed by atoms with Crippen LogP contribution in [0.25, 0.3) is 245 Å². The fourth-order valence-electron chi connectivity index (χ4n) is 20.1. The summed E-state index contributed by atoms with van der Waals surface area (Å²) in [6, 6.07) is 153. The van der Waals surface area contributed by atoms with Crippen LogP contribution in [0.4, 0.5) is 0 Å². The minimum Gasteiger partial charge on any atom is -0.309 e. The van der Waals surface area contributed by atoms with E-state index in [2.05, 4.69) is 388 Å². The van der Waals surface area contributed by atoms with E-state index in [1.54, 1.807) is 31.0 Å². The van der Waals surface area contributed by atoms with Crippen molar-refractivity contribution in [1.29, 1.82) is 0 Å². The van der Waals surface area contributed by atoms with Crippen LogP contribution in [-0.2, 0) is 0 Å². The van der Waals surface area contributed by atoms with Crippen molar-refractivity contribution >= 4 is 131 Å². The van der Waals surface area contributed by atoms with Crippen LogP contribution < -0.4 is 0 Å². The summed E-state index contributed by atoms with van der Waals surface area (Å²) in [4.78, 5) is 48.3. The molecular weight excluding hydrogens is 1690 g/mol. The average Bonchev–Trinajstić information content (AvgIpc) is 1.59. The van der Waals surface area contributed by atoms with Gasteiger partial charge in [-0.15, -0.1) is 0 Å². The quantitative estimate of drug-likeness (QED) is 0.109. The van der Waals surface area contributed by atoms with Crippen molar-refractivity contribution in [3.05, 3.63) is 474 Å². The molecule has 0 aliphatic rings. The van der Waals surface area contributed by atoms with E-state index in [1.165, 1.54) is 87.1 Å². The predicted molar refractivity (Wildman–Crippen MR) is 561 cm³/mol. The number of fused-ring (bicyclic) bond motifs is 18. The molecule has 0 aliphatic heterocycles. The van der Waals surface area contributed by atoms with Gasteiger partial charge in [0.05, 0.1) is 77.6 Å². The fraction of sp³-hybridized carbons (Fsp3) is 0. The van der Waals surface area contributed by atoms with Gasteiger partial charge in [-0.2, -0.15) is 9.97 Å². The first-order valence-electron chi connectivity index (χ1n) is 46.1. The molecule has 0 N–H and O–H groups in total. The SMILES string of the molecule is c1ccc(-c2ccc(-c3nc(-c4ccccc4)nc(-n4c5ccccc5c5cc(-n6c7ccccc7c7ccccc76)ccc54)n3)cc2)cc1.c1ccc(-c2nc(-c3cccnc3)cc(-n3c4ccccc4c4cc(-n5c6ccccc6c6ccccc65)ccc43)n2)cc1.c1ccc2c(c1)c1ccccc1n2-c1ccc2c(c1)c1ccccc1n2-c1cc(-c2ccncc2)nc(-c2ccncc2)n1. The number of pyridine rings is 3. The zero-order valence-electron chi connectivity index (χ0n) is 74.2. The smallest absolute Gasteiger partial charge is 0.238 e. The van der Waals surface area contributed by atoms with Crippen molar-refractivity contribution < 1.29 is 0 Å². The van der Waals surface area contributed by atoms with Gasteiger partial charge in [0, 0.05) is 164 Å². The minimum atomic E-state index is 0.580. The molecule has 0 radical (unpaired) electrons. The summed E-state index contributed by atoms with van der Waals surface area (Å²) in [5.41, 5.74) is 26.6. The van der Waals surface area contributed by atoms with Crippen molar-refractivity contribution in [2.75, 3.05) is 0 Å². The summed E-state index contributed by atoms with van der Waals surface area (Å²) in [6.07, 6.45) is 10.8. The van der Waals surface area contributed by atoms with Gasteiger partial charge in [-0.1, -0.05) is 279 Å². The molecule has 0 saturated heterocycles. The van der Waals surface area contributed by atoms with Crippen molar-refractivity contribution in [3.8, 4) is 114 Å². The van der Waals surface area contributed by atoms with E-state index in [4.69, 9.17) is 34.9 Å². The maximum atomic E-state index is 5.16. The summed E-state index contributed by atoms with van der Waals surface area (Å²) in [5, 5.41) is 14.4. The second kappa shape index (κ2) is 33.6. The molecule has 0 atom stereocenters. The third kappa shape index (κ3) is 13.8. The molecule has 16 heteroatoms. The highest BCUT2D eigenvalue weighted by Gasteiger charge is 2.26. The Balaban J connectivity index is 0.000000107. The molecule has 0 bridgehead atoms. The van der Waals surface area contributed by atoms with Crippen molar-refractivity contribution in [1.82, 2.24) is 77.2 Å². The number of aromatic nitrogens is 16. The Hall–Kier alpha value is -19.1. The van der Waals surface area contributed by atoms with E-state index in [0.717, 1.165) is 128 Å². The Morgan fingerprint density at radius 1 is 0.145 bits per heavy atom. The second-order valence-electron chi connectivity index (χ2n) is 34.3. The lowest BCUT2D eigenvalue weighted by molar-refractivity contribution is 0.953. The predicted octanol–water partition coefficient (Wildman–Crippen LogP) is 29.3. The van der Waals surface area contributed by atoms with E-state index >= 15 is 0 Å². The molecule has 0 unspecified atom stereocenters. The average molecular weight is 1770 g/mol. The first kappa shape index (κ1) is 79.9. The molecule has 16 aromatic carbocycles. The van der Waals surface area contributed by atoms with Crippen LogP contribution in [-0.4, -0.2) is 77.2 Å². The molecule has 646 valence electrons. The molecule has 138 heavy (non-hydrogen) atoms. The Kier molecular flexibility index (Phi) is 19.5. The number of benzene rings is 16. The van der Waals surface area contributed by atoms with Gasteiger partial charge in [-0.25, -0.2) is 24.9 Å². The topological polar surface area (TPSA) is 158 Å². The van der Waals surface area contributed by atoms with Gasteiger partial charge in [0.25, 0.3) is 0 Å². The first-order valence-corrected chi connectivity index (χ1v) is 46.1. The molecule has 28 rings (SSSR count). The fourth-order valence-corrected chi connectivity index (χ4v) is 20.1. The zero-order valence-corrected chi connectivity index (χ0v) is 74.2. The molecule has 12 heterocycles. The van der Waals surface area contributed by atoms with E-state index in [9.17, 15) is 0 Å². The zero-order chi connectivity index (χ0) is 91.1. The largest absolute Gasteiger partial charge is 0.309 e. The molecule has 0 aliphatic carbocycles. The number of nitrogens with zero attached hydrogens (tertiary/aromatic N) is 16. The lowest BCUT2D eigenvalue weighted by atomic mass is 10.0. The van der Waals surface area contributed by atoms with Crippen LogP contribution in [0.15, 0.2) is 474 Å². The summed E-state index contributed by atoms with van der Waals surface area (Å²) >= 11 is 0. The summed E-state index contributed by atoms with van der Waals surface area (Å²) < 4.78 is 13.8. The van der Waals surface area contributed by atoms with Crippen LogP contribution >= 0.6 is 0 Å². The molecule has 0 fully saturated rings. The van der Waals surface area contributed by atoms with E-state index in [1.807, 2.05) is 97.2 Å². The number of para-hydroxylation sites is 9. The summed E-state index contributed by atoms with van der Waals surface area (Å²) in [5.74, 6) is 4.77. The highest BCUT2D eigenvalue weighted by molar-refractivity contribution is 6.16. The van der Waals surface area contributed by atoms with Crippen LogP contribution in [0, 0.1) is 0 Å². The van der Waals surface area contributed by atoms with Gasteiger partial charge >= 0.3 is 0 Å². The standard InChI is InChI=1S/C45H29N5.C39H25N5.C38H24N6/c1-3-13-30(14-4-1)31-23-25-33(26-24-31)44-46-43(32-15-5-2-6-16-32)47-45(48-44)50-41-22-12-9-19-37(41)38-29-34(27-28-42(38)50)49-39-20-10-7-17-35(39)36-18-8-11-21-40(36)49;1-2-11-26(12-3-1)39-41-33(27-13-10-22-40-25-27)24-38(42-39)44-36-19-9-6-16-31(36)32-23-28(20-21-37(32)44)43-34-17-7-4-14-29(34)30-15-5-8-18-35(30)43;1-4-10-33-28(7-1)29-8-2-5-11-34(29)43(33)27-13-14-36-31(23-27)30-9-3-6-12-35(30)44(36)37-24-32(25-15-19-39-20-16-25)41-38(42-37)26-17-21-40-22-18-26/h1-29H;1-25H;1-24H. The van der Waals surface area contributed by atoms with Crippen molar-refractivity contribution in [2.45, 2.75) is 0 Å². The third-order valence-electron chi connectivity index (χ3n) is 26.4. The Bertz CT molecular complexity index is 8960. The van der Waals surface area contributed by atoms with Crippen molar-refractivity contribution in [2.24, 2.45) is 0 Å². The third-order valence-corrected chi connectivity index (χ3v) is 26.4. The van der Waals surface area contributed by atoms with Gasteiger partial charge in [-0.05, 0) is 157 Å². The number of rotatable bonds is 13. The molecule has 16 nitrogen and oxygen atoms in total. The van der Waals surface area contributed by atoms with Crippen LogP contribution in [0.5, 0.6) is 0 Å². The van der Waals surface area contributed by atoms with Gasteiger partial charge in [0.1, 0.15) is 11.6 Å². The van der Waals surface area contributed by atoms with Gasteiger partial charge in [0.15, 0.2) is 23.3 Å². The maximum absolute atomic E-state index is 5.16. The monoisotopic (exact) mass is 1770 g/mol. The Morgan fingerprint density at radius 2 is 0.406 bits per heavy atom. The summed E-state index contributed by atoms with van der Waals surface area (Å²) in [6.45, 7) is 0. The number of hydrogen-bond acceptors (Lipinski definition) is 10. The van der Waals surface area contributed by atoms with Crippen LogP contribution in [0.3, 0.4) is 0 Å². The van der Waals surface area contributed by atoms with Crippen LogP contribution in [0.1, 0.15) is 0 Å². The van der Waals surface area contributed by atoms with E-state index in [0.29, 0.717) is 29.2 Å². The Morgan fingerprint density at radius 3 is 0.768 bits per heavy atom.